The van der Waals surface area contributed by atoms with Gasteiger partial charge in [0.1, 0.15) is 12.1 Å². The van der Waals surface area contributed by atoms with Crippen molar-refractivity contribution >= 4 is 11.9 Å². The Kier molecular flexibility index (Phi) is 5.42. The number of carboxylic acid groups (broad SMARTS) is 1. The van der Waals surface area contributed by atoms with Crippen LogP contribution in [0, 0.1) is 0 Å². The Balaban J connectivity index is 2.01. The predicted molar refractivity (Wildman–Crippen MR) is 87.4 cm³/mol. The molecule has 0 aromatic heterocycles. The Labute approximate surface area is 137 Å². The first-order valence-electron chi connectivity index (χ1n) is 8.01. The summed E-state index contributed by atoms with van der Waals surface area (Å²) in [7, 11) is 0. The van der Waals surface area contributed by atoms with Crippen molar-refractivity contribution in [1.82, 2.24) is 5.32 Å². The number of carbonyl (C=O) groups is 2. The molecular weight excluding hydrogens is 294 g/mol. The molecule has 5 nitrogen and oxygen atoms in total. The summed E-state index contributed by atoms with van der Waals surface area (Å²) in [6, 6.07) is 6.93. The SMILES string of the molecule is CC(C)(C)c1ccc(C[C@H](NC(=O)[C@@H]2CCCO2)C(=O)O)cc1. The van der Waals surface area contributed by atoms with Crippen LogP contribution in [-0.4, -0.2) is 35.7 Å². The average Bonchev–Trinajstić information content (AvgIpc) is 3.00. The molecule has 1 aromatic rings. The fourth-order valence-electron chi connectivity index (χ4n) is 2.63. The van der Waals surface area contributed by atoms with E-state index in [1.807, 2.05) is 24.3 Å². The van der Waals surface area contributed by atoms with E-state index in [-0.39, 0.29) is 17.7 Å². The lowest BCUT2D eigenvalue weighted by Crippen LogP contribution is -2.46. The van der Waals surface area contributed by atoms with Crippen LogP contribution in [0.3, 0.4) is 0 Å². The zero-order valence-corrected chi connectivity index (χ0v) is 14.0. The van der Waals surface area contributed by atoms with Crippen LogP contribution in [0.15, 0.2) is 24.3 Å². The molecule has 1 amide bonds. The van der Waals surface area contributed by atoms with Crippen LogP contribution in [0.2, 0.25) is 0 Å². The van der Waals surface area contributed by atoms with Crippen LogP contribution in [0.5, 0.6) is 0 Å². The van der Waals surface area contributed by atoms with Gasteiger partial charge in [0.25, 0.3) is 0 Å². The average molecular weight is 319 g/mol. The van der Waals surface area contributed by atoms with E-state index in [2.05, 4.69) is 26.1 Å². The molecular formula is C18H25NO4. The van der Waals surface area contributed by atoms with Crippen molar-refractivity contribution in [3.8, 4) is 0 Å². The van der Waals surface area contributed by atoms with Crippen LogP contribution in [0.4, 0.5) is 0 Å². The van der Waals surface area contributed by atoms with E-state index in [4.69, 9.17) is 4.74 Å². The van der Waals surface area contributed by atoms with Gasteiger partial charge in [-0.25, -0.2) is 4.79 Å². The van der Waals surface area contributed by atoms with Crippen LogP contribution >= 0.6 is 0 Å². The van der Waals surface area contributed by atoms with Gasteiger partial charge in [-0.15, -0.1) is 0 Å². The van der Waals surface area contributed by atoms with Crippen molar-refractivity contribution in [2.45, 2.75) is 57.6 Å². The Bertz CT molecular complexity index is 553. The molecule has 1 aromatic carbocycles. The smallest absolute Gasteiger partial charge is 0.326 e. The summed E-state index contributed by atoms with van der Waals surface area (Å²) in [6.07, 6.45) is 1.24. The van der Waals surface area contributed by atoms with Gasteiger partial charge in [-0.05, 0) is 29.4 Å². The predicted octanol–water partition coefficient (Wildman–Crippen LogP) is 2.27. The second kappa shape index (κ2) is 7.13. The molecule has 1 fully saturated rings. The molecule has 23 heavy (non-hydrogen) atoms. The van der Waals surface area contributed by atoms with Crippen molar-refractivity contribution in [2.24, 2.45) is 0 Å². The molecule has 5 heteroatoms. The normalized spacial score (nSPS) is 19.3. The maximum Gasteiger partial charge on any atom is 0.326 e. The molecule has 1 aliphatic heterocycles. The third-order valence-electron chi connectivity index (χ3n) is 4.10. The van der Waals surface area contributed by atoms with E-state index in [1.54, 1.807) is 0 Å². The lowest BCUT2D eigenvalue weighted by Gasteiger charge is -2.20. The van der Waals surface area contributed by atoms with Crippen LogP contribution < -0.4 is 5.32 Å². The highest BCUT2D eigenvalue weighted by molar-refractivity contribution is 5.86. The Morgan fingerprint density at radius 1 is 1.30 bits per heavy atom. The van der Waals surface area contributed by atoms with E-state index in [9.17, 15) is 14.7 Å². The quantitative estimate of drug-likeness (QED) is 0.873. The van der Waals surface area contributed by atoms with Gasteiger partial charge in [0.15, 0.2) is 0 Å². The number of rotatable bonds is 5. The first-order valence-corrected chi connectivity index (χ1v) is 8.01. The van der Waals surface area contributed by atoms with Crippen molar-refractivity contribution in [3.05, 3.63) is 35.4 Å². The lowest BCUT2D eigenvalue weighted by atomic mass is 9.86. The zero-order valence-electron chi connectivity index (χ0n) is 14.0. The third kappa shape index (κ3) is 4.79. The first-order chi connectivity index (χ1) is 10.8. The number of amides is 1. The highest BCUT2D eigenvalue weighted by Gasteiger charge is 2.28. The van der Waals surface area contributed by atoms with Crippen molar-refractivity contribution < 1.29 is 19.4 Å². The van der Waals surface area contributed by atoms with E-state index in [0.29, 0.717) is 13.0 Å². The van der Waals surface area contributed by atoms with E-state index in [0.717, 1.165) is 12.0 Å². The van der Waals surface area contributed by atoms with Crippen molar-refractivity contribution in [2.75, 3.05) is 6.61 Å². The monoisotopic (exact) mass is 319 g/mol. The summed E-state index contributed by atoms with van der Waals surface area (Å²) in [6.45, 7) is 6.95. The summed E-state index contributed by atoms with van der Waals surface area (Å²) in [5.74, 6) is -1.36. The molecule has 0 aliphatic carbocycles. The topological polar surface area (TPSA) is 75.6 Å². The number of hydrogen-bond acceptors (Lipinski definition) is 3. The number of benzene rings is 1. The van der Waals surface area contributed by atoms with Gasteiger partial charge in [-0.1, -0.05) is 45.0 Å². The second-order valence-corrected chi connectivity index (χ2v) is 7.05. The lowest BCUT2D eigenvalue weighted by molar-refractivity contribution is -0.143. The number of carbonyl (C=O) groups excluding carboxylic acids is 1. The molecule has 0 saturated carbocycles. The maximum atomic E-state index is 12.0. The molecule has 126 valence electrons. The van der Waals surface area contributed by atoms with E-state index >= 15 is 0 Å². The third-order valence-corrected chi connectivity index (χ3v) is 4.10. The summed E-state index contributed by atoms with van der Waals surface area (Å²) < 4.78 is 5.29. The largest absolute Gasteiger partial charge is 0.480 e. The molecule has 1 saturated heterocycles. The fraction of sp³-hybridized carbons (Fsp3) is 0.556. The van der Waals surface area contributed by atoms with Crippen molar-refractivity contribution in [1.29, 1.82) is 0 Å². The minimum Gasteiger partial charge on any atom is -0.480 e. The summed E-state index contributed by atoms with van der Waals surface area (Å²) >= 11 is 0. The molecule has 0 unspecified atom stereocenters. The summed E-state index contributed by atoms with van der Waals surface area (Å²) in [5, 5.41) is 11.9. The van der Waals surface area contributed by atoms with Gasteiger partial charge in [-0.2, -0.15) is 0 Å². The highest BCUT2D eigenvalue weighted by Crippen LogP contribution is 2.22. The van der Waals surface area contributed by atoms with Gasteiger partial charge in [-0.3, -0.25) is 4.79 Å². The maximum absolute atomic E-state index is 12.0. The van der Waals surface area contributed by atoms with Crippen LogP contribution in [0.1, 0.15) is 44.7 Å². The summed E-state index contributed by atoms with van der Waals surface area (Å²) in [4.78, 5) is 23.5. The molecule has 0 radical (unpaired) electrons. The Morgan fingerprint density at radius 2 is 1.96 bits per heavy atom. The molecule has 0 spiro atoms. The minimum atomic E-state index is -1.03. The van der Waals surface area contributed by atoms with Crippen LogP contribution in [0.25, 0.3) is 0 Å². The zero-order chi connectivity index (χ0) is 17.0. The molecule has 1 aliphatic rings. The van der Waals surface area contributed by atoms with Gasteiger partial charge in [0.2, 0.25) is 5.91 Å². The minimum absolute atomic E-state index is 0.0543. The van der Waals surface area contributed by atoms with Gasteiger partial charge in [0, 0.05) is 13.0 Å². The van der Waals surface area contributed by atoms with Crippen LogP contribution in [-0.2, 0) is 26.2 Å². The standard InChI is InChI=1S/C18H25NO4/c1-18(2,3)13-8-6-12(7-9-13)11-14(17(21)22)19-16(20)15-5-4-10-23-15/h6-9,14-15H,4-5,10-11H2,1-3H3,(H,19,20)(H,21,22)/t14-,15-/m0/s1. The highest BCUT2D eigenvalue weighted by atomic mass is 16.5. The van der Waals surface area contributed by atoms with Gasteiger partial charge >= 0.3 is 5.97 Å². The Hall–Kier alpha value is -1.88. The molecule has 2 atom stereocenters. The molecule has 2 rings (SSSR count). The second-order valence-electron chi connectivity index (χ2n) is 7.05. The molecule has 2 N–H and O–H groups in total. The number of carboxylic acids is 1. The van der Waals surface area contributed by atoms with E-state index in [1.165, 1.54) is 5.56 Å². The number of ether oxygens (including phenoxy) is 1. The first kappa shape index (κ1) is 17.5. The van der Waals surface area contributed by atoms with Gasteiger partial charge < -0.3 is 15.2 Å². The van der Waals surface area contributed by atoms with Gasteiger partial charge in [0.05, 0.1) is 0 Å². The molecule has 1 heterocycles. The number of aliphatic carboxylic acids is 1. The molecule has 0 bridgehead atoms. The summed E-state index contributed by atoms with van der Waals surface area (Å²) in [5.41, 5.74) is 2.13. The van der Waals surface area contributed by atoms with Crippen molar-refractivity contribution in [3.63, 3.8) is 0 Å². The number of hydrogen-bond donors (Lipinski definition) is 2. The van der Waals surface area contributed by atoms with E-state index < -0.39 is 18.1 Å². The number of nitrogens with one attached hydrogen (secondary N) is 1. The Morgan fingerprint density at radius 3 is 2.43 bits per heavy atom. The fourth-order valence-corrected chi connectivity index (χ4v) is 2.63.